The Bertz CT molecular complexity index is 1330. The first kappa shape index (κ1) is 20.8. The molecule has 1 aromatic heterocycles. The molecule has 1 saturated heterocycles. The van der Waals surface area contributed by atoms with Gasteiger partial charge in [-0.1, -0.05) is 42.0 Å². The zero-order chi connectivity index (χ0) is 23.2. The summed E-state index contributed by atoms with van der Waals surface area (Å²) in [4.78, 5) is 20.5. The standard InChI is InChI=1S/C28H27N3O3/c1-17-7-12-21(18-8-10-20(33-2)11-9-18)23(13-17)27(32)31-16-19-14-22(19)25(31)15-29-28-30-24-5-3-4-6-26(24)34-28/h3-13,19,22,25H,14-16H2,1-2H3,(H,29,30). The average molecular weight is 454 g/mol. The smallest absolute Gasteiger partial charge is 0.295 e. The number of aryl methyl sites for hydroxylation is 1. The molecule has 3 aromatic carbocycles. The number of nitrogens with one attached hydrogen (secondary N) is 1. The van der Waals surface area contributed by atoms with Gasteiger partial charge in [-0.2, -0.15) is 4.98 Å². The number of methoxy groups -OCH3 is 1. The first-order chi connectivity index (χ1) is 16.6. The Morgan fingerprint density at radius 2 is 1.97 bits per heavy atom. The number of rotatable bonds is 6. The maximum atomic E-state index is 13.9. The van der Waals surface area contributed by atoms with E-state index in [2.05, 4.69) is 21.3 Å². The lowest BCUT2D eigenvalue weighted by Gasteiger charge is -2.28. The Kier molecular flexibility index (Phi) is 5.01. The number of carbonyl (C=O) groups is 1. The fourth-order valence-electron chi connectivity index (χ4n) is 5.22. The Morgan fingerprint density at radius 1 is 1.15 bits per heavy atom. The maximum absolute atomic E-state index is 13.9. The number of hydrogen-bond donors (Lipinski definition) is 1. The van der Waals surface area contributed by atoms with Crippen molar-refractivity contribution in [1.82, 2.24) is 9.88 Å². The third-order valence-electron chi connectivity index (χ3n) is 7.13. The van der Waals surface area contributed by atoms with E-state index in [1.54, 1.807) is 7.11 Å². The minimum Gasteiger partial charge on any atom is -0.497 e. The van der Waals surface area contributed by atoms with Crippen LogP contribution in [0.4, 0.5) is 6.01 Å². The molecule has 6 rings (SSSR count). The molecule has 1 amide bonds. The van der Waals surface area contributed by atoms with Gasteiger partial charge in [0.15, 0.2) is 5.58 Å². The molecule has 1 N–H and O–H groups in total. The van der Waals surface area contributed by atoms with Crippen LogP contribution in [-0.4, -0.2) is 42.0 Å². The largest absolute Gasteiger partial charge is 0.497 e. The van der Waals surface area contributed by atoms with Crippen molar-refractivity contribution in [2.75, 3.05) is 25.5 Å². The quantitative estimate of drug-likeness (QED) is 0.424. The number of oxazole rings is 1. The van der Waals surface area contributed by atoms with Crippen LogP contribution in [0.1, 0.15) is 22.3 Å². The van der Waals surface area contributed by atoms with Gasteiger partial charge in [0.05, 0.1) is 13.2 Å². The fraction of sp³-hybridized carbons (Fsp3) is 0.286. The average Bonchev–Trinajstić information content (AvgIpc) is 3.35. The number of para-hydroxylation sites is 2. The molecule has 3 unspecified atom stereocenters. The lowest BCUT2D eigenvalue weighted by molar-refractivity contribution is 0.0715. The number of anilines is 1. The zero-order valence-corrected chi connectivity index (χ0v) is 19.3. The molecule has 0 radical (unpaired) electrons. The summed E-state index contributed by atoms with van der Waals surface area (Å²) in [5, 5.41) is 3.35. The number of benzene rings is 3. The van der Waals surface area contributed by atoms with Gasteiger partial charge in [-0.25, -0.2) is 0 Å². The Hall–Kier alpha value is -3.80. The van der Waals surface area contributed by atoms with E-state index in [4.69, 9.17) is 9.15 Å². The Labute approximate surface area is 198 Å². The van der Waals surface area contributed by atoms with Crippen molar-refractivity contribution in [2.45, 2.75) is 19.4 Å². The molecule has 1 saturated carbocycles. The predicted molar refractivity (Wildman–Crippen MR) is 132 cm³/mol. The number of hydrogen-bond acceptors (Lipinski definition) is 5. The second-order valence-electron chi connectivity index (χ2n) is 9.33. The molecule has 172 valence electrons. The van der Waals surface area contributed by atoms with Crippen LogP contribution in [0.25, 0.3) is 22.2 Å². The van der Waals surface area contributed by atoms with Gasteiger partial charge in [0.25, 0.3) is 11.9 Å². The number of aromatic nitrogens is 1. The lowest BCUT2D eigenvalue weighted by atomic mass is 9.96. The zero-order valence-electron chi connectivity index (χ0n) is 19.3. The number of nitrogens with zero attached hydrogens (tertiary/aromatic N) is 2. The van der Waals surface area contributed by atoms with Crippen LogP contribution in [0.15, 0.2) is 71.1 Å². The molecule has 1 aliphatic heterocycles. The molecule has 0 spiro atoms. The summed E-state index contributed by atoms with van der Waals surface area (Å²) in [6.45, 7) is 3.46. The van der Waals surface area contributed by atoms with E-state index in [1.807, 2.05) is 67.6 Å². The van der Waals surface area contributed by atoms with E-state index < -0.39 is 0 Å². The first-order valence-corrected chi connectivity index (χ1v) is 11.8. The molecule has 2 aliphatic rings. The van der Waals surface area contributed by atoms with Crippen molar-refractivity contribution in [3.05, 3.63) is 77.9 Å². The molecular weight excluding hydrogens is 426 g/mol. The van der Waals surface area contributed by atoms with Gasteiger partial charge in [-0.05, 0) is 66.6 Å². The predicted octanol–water partition coefficient (Wildman–Crippen LogP) is 5.38. The van der Waals surface area contributed by atoms with Crippen LogP contribution in [0, 0.1) is 18.8 Å². The van der Waals surface area contributed by atoms with Crippen molar-refractivity contribution in [1.29, 1.82) is 0 Å². The van der Waals surface area contributed by atoms with Gasteiger partial charge >= 0.3 is 0 Å². The van der Waals surface area contributed by atoms with E-state index in [0.29, 0.717) is 24.4 Å². The van der Waals surface area contributed by atoms with Crippen LogP contribution in [0.5, 0.6) is 5.75 Å². The second kappa shape index (κ2) is 8.20. The molecule has 3 atom stereocenters. The molecule has 6 heteroatoms. The van der Waals surface area contributed by atoms with Crippen molar-refractivity contribution in [2.24, 2.45) is 11.8 Å². The highest BCUT2D eigenvalue weighted by Crippen LogP contribution is 2.50. The van der Waals surface area contributed by atoms with Gasteiger partial charge < -0.3 is 19.4 Å². The van der Waals surface area contributed by atoms with Gasteiger partial charge in [-0.3, -0.25) is 4.79 Å². The van der Waals surface area contributed by atoms with Crippen molar-refractivity contribution >= 4 is 23.0 Å². The number of carbonyl (C=O) groups excluding carboxylic acids is 1. The number of piperidine rings is 1. The number of likely N-dealkylation sites (tertiary alicyclic amines) is 1. The number of amides is 1. The summed E-state index contributed by atoms with van der Waals surface area (Å²) in [5.74, 6) is 2.02. The fourth-order valence-corrected chi connectivity index (χ4v) is 5.22. The number of ether oxygens (including phenoxy) is 1. The minimum atomic E-state index is 0.0890. The van der Waals surface area contributed by atoms with Gasteiger partial charge in [-0.15, -0.1) is 0 Å². The summed E-state index contributed by atoms with van der Waals surface area (Å²) in [7, 11) is 1.66. The van der Waals surface area contributed by atoms with Crippen molar-refractivity contribution < 1.29 is 13.9 Å². The molecular formula is C28H27N3O3. The molecule has 2 fully saturated rings. The Morgan fingerprint density at radius 3 is 2.76 bits per heavy atom. The third kappa shape index (κ3) is 3.69. The molecule has 2 heterocycles. The van der Waals surface area contributed by atoms with Crippen LogP contribution < -0.4 is 10.1 Å². The van der Waals surface area contributed by atoms with Crippen LogP contribution in [0.2, 0.25) is 0 Å². The van der Waals surface area contributed by atoms with E-state index in [9.17, 15) is 4.79 Å². The van der Waals surface area contributed by atoms with Gasteiger partial charge in [0.1, 0.15) is 11.3 Å². The highest BCUT2D eigenvalue weighted by Gasteiger charge is 2.54. The highest BCUT2D eigenvalue weighted by molar-refractivity contribution is 6.01. The highest BCUT2D eigenvalue weighted by atomic mass is 16.5. The number of fused-ring (bicyclic) bond motifs is 2. The van der Waals surface area contributed by atoms with Crippen LogP contribution in [-0.2, 0) is 0 Å². The molecule has 4 aromatic rings. The van der Waals surface area contributed by atoms with E-state index in [1.165, 1.54) is 6.42 Å². The molecule has 1 aliphatic carbocycles. The molecule has 34 heavy (non-hydrogen) atoms. The molecule has 0 bridgehead atoms. The van der Waals surface area contributed by atoms with E-state index in [0.717, 1.165) is 45.6 Å². The van der Waals surface area contributed by atoms with Crippen LogP contribution in [0.3, 0.4) is 0 Å². The topological polar surface area (TPSA) is 67.6 Å². The first-order valence-electron chi connectivity index (χ1n) is 11.8. The minimum absolute atomic E-state index is 0.0890. The summed E-state index contributed by atoms with van der Waals surface area (Å²) in [6.07, 6.45) is 1.18. The van der Waals surface area contributed by atoms with Gasteiger partial charge in [0, 0.05) is 18.7 Å². The summed E-state index contributed by atoms with van der Waals surface area (Å²) in [5.41, 5.74) is 5.37. The van der Waals surface area contributed by atoms with Crippen molar-refractivity contribution in [3.8, 4) is 16.9 Å². The van der Waals surface area contributed by atoms with Crippen LogP contribution >= 0.6 is 0 Å². The summed E-state index contributed by atoms with van der Waals surface area (Å²) in [6, 6.07) is 22.4. The lowest BCUT2D eigenvalue weighted by Crippen LogP contribution is -2.42. The monoisotopic (exact) mass is 453 g/mol. The van der Waals surface area contributed by atoms with E-state index in [-0.39, 0.29) is 11.9 Å². The van der Waals surface area contributed by atoms with Gasteiger partial charge in [0.2, 0.25) is 0 Å². The van der Waals surface area contributed by atoms with E-state index >= 15 is 0 Å². The maximum Gasteiger partial charge on any atom is 0.295 e. The summed E-state index contributed by atoms with van der Waals surface area (Å²) < 4.78 is 11.1. The molecule has 6 nitrogen and oxygen atoms in total. The normalized spacial score (nSPS) is 20.9. The summed E-state index contributed by atoms with van der Waals surface area (Å²) >= 11 is 0. The second-order valence-corrected chi connectivity index (χ2v) is 9.33. The Balaban J connectivity index is 1.26. The van der Waals surface area contributed by atoms with Crippen molar-refractivity contribution in [3.63, 3.8) is 0 Å². The SMILES string of the molecule is COc1ccc(-c2ccc(C)cc2C(=O)N2CC3CC3C2CNc2nc3ccccc3o2)cc1. The third-order valence-corrected chi connectivity index (χ3v) is 7.13.